The molecule has 0 saturated heterocycles. The van der Waals surface area contributed by atoms with Crippen LogP contribution in [0.5, 0.6) is 0 Å². The minimum absolute atomic E-state index is 0.0661. The zero-order valence-corrected chi connectivity index (χ0v) is 13.3. The van der Waals surface area contributed by atoms with E-state index in [0.717, 1.165) is 22.9 Å². The summed E-state index contributed by atoms with van der Waals surface area (Å²) < 4.78 is 6.18. The standard InChI is InChI=1S/C13H22BrN3O/c1-6-18-8-9(2)15-11-7-10(14)16-12(17-11)13(3,4)5/h7,9H,6,8H2,1-5H3,(H,15,16,17). The highest BCUT2D eigenvalue weighted by molar-refractivity contribution is 9.10. The SMILES string of the molecule is CCOCC(C)Nc1cc(Br)nc(C(C)(C)C)n1. The van der Waals surface area contributed by atoms with E-state index in [0.29, 0.717) is 6.61 Å². The Morgan fingerprint density at radius 1 is 1.39 bits per heavy atom. The first-order valence-corrected chi connectivity index (χ1v) is 7.01. The third-order valence-electron chi connectivity index (χ3n) is 2.33. The fourth-order valence-electron chi connectivity index (χ4n) is 1.42. The number of nitrogens with zero attached hydrogens (tertiary/aromatic N) is 2. The van der Waals surface area contributed by atoms with Gasteiger partial charge in [0.05, 0.1) is 6.61 Å². The highest BCUT2D eigenvalue weighted by atomic mass is 79.9. The normalized spacial score (nSPS) is 13.4. The minimum atomic E-state index is -0.0661. The quantitative estimate of drug-likeness (QED) is 0.846. The summed E-state index contributed by atoms with van der Waals surface area (Å²) in [6, 6.07) is 2.11. The smallest absolute Gasteiger partial charge is 0.137 e. The maximum atomic E-state index is 5.38. The van der Waals surface area contributed by atoms with Gasteiger partial charge in [0.15, 0.2) is 0 Å². The number of ether oxygens (including phenoxy) is 1. The molecule has 4 nitrogen and oxygen atoms in total. The predicted octanol–water partition coefficient (Wildman–Crippen LogP) is 3.37. The molecular weight excluding hydrogens is 294 g/mol. The van der Waals surface area contributed by atoms with Gasteiger partial charge in [-0.3, -0.25) is 0 Å². The Morgan fingerprint density at radius 2 is 2.06 bits per heavy atom. The number of aromatic nitrogens is 2. The molecule has 1 N–H and O–H groups in total. The lowest BCUT2D eigenvalue weighted by atomic mass is 9.96. The first-order valence-electron chi connectivity index (χ1n) is 6.22. The lowest BCUT2D eigenvalue weighted by molar-refractivity contribution is 0.141. The van der Waals surface area contributed by atoms with Gasteiger partial charge in [0.2, 0.25) is 0 Å². The lowest BCUT2D eigenvalue weighted by Crippen LogP contribution is -2.24. The van der Waals surface area contributed by atoms with Crippen molar-refractivity contribution in [3.8, 4) is 0 Å². The predicted molar refractivity (Wildman–Crippen MR) is 78.0 cm³/mol. The van der Waals surface area contributed by atoms with Crippen LogP contribution < -0.4 is 5.32 Å². The summed E-state index contributed by atoms with van der Waals surface area (Å²) >= 11 is 3.43. The largest absolute Gasteiger partial charge is 0.380 e. The van der Waals surface area contributed by atoms with Crippen molar-refractivity contribution in [3.63, 3.8) is 0 Å². The van der Waals surface area contributed by atoms with Crippen LogP contribution in [-0.2, 0) is 10.2 Å². The minimum Gasteiger partial charge on any atom is -0.380 e. The molecule has 1 heterocycles. The van der Waals surface area contributed by atoms with Gasteiger partial charge in [-0.2, -0.15) is 0 Å². The van der Waals surface area contributed by atoms with Crippen molar-refractivity contribution in [1.29, 1.82) is 0 Å². The molecule has 0 radical (unpaired) electrons. The molecule has 0 amide bonds. The van der Waals surface area contributed by atoms with Crippen LogP contribution in [0.2, 0.25) is 0 Å². The average Bonchev–Trinajstić information content (AvgIpc) is 2.24. The molecule has 1 aromatic rings. The van der Waals surface area contributed by atoms with Crippen molar-refractivity contribution in [1.82, 2.24) is 9.97 Å². The van der Waals surface area contributed by atoms with Crippen molar-refractivity contribution in [2.45, 2.75) is 46.1 Å². The highest BCUT2D eigenvalue weighted by Crippen LogP contribution is 2.22. The van der Waals surface area contributed by atoms with Crippen LogP contribution in [0.15, 0.2) is 10.7 Å². The van der Waals surface area contributed by atoms with Crippen LogP contribution >= 0.6 is 15.9 Å². The maximum absolute atomic E-state index is 5.38. The van der Waals surface area contributed by atoms with Crippen LogP contribution in [-0.4, -0.2) is 29.2 Å². The monoisotopic (exact) mass is 315 g/mol. The molecule has 0 aromatic carbocycles. The highest BCUT2D eigenvalue weighted by Gasteiger charge is 2.19. The second kappa shape index (κ2) is 6.48. The molecule has 1 rings (SSSR count). The Labute approximate surface area is 118 Å². The van der Waals surface area contributed by atoms with Crippen LogP contribution in [0.25, 0.3) is 0 Å². The Morgan fingerprint density at radius 3 is 2.61 bits per heavy atom. The van der Waals surface area contributed by atoms with Gasteiger partial charge in [-0.25, -0.2) is 9.97 Å². The number of nitrogens with one attached hydrogen (secondary N) is 1. The number of halogens is 1. The first-order chi connectivity index (χ1) is 8.32. The fraction of sp³-hybridized carbons (Fsp3) is 0.692. The fourth-order valence-corrected chi connectivity index (χ4v) is 1.80. The molecule has 0 saturated carbocycles. The number of hydrogen-bond acceptors (Lipinski definition) is 4. The van der Waals surface area contributed by atoms with Crippen molar-refractivity contribution >= 4 is 21.7 Å². The van der Waals surface area contributed by atoms with Crippen molar-refractivity contribution in [2.24, 2.45) is 0 Å². The molecule has 0 fully saturated rings. The molecule has 1 unspecified atom stereocenters. The second-order valence-corrected chi connectivity index (χ2v) is 6.17. The topological polar surface area (TPSA) is 47.0 Å². The average molecular weight is 316 g/mol. The summed E-state index contributed by atoms with van der Waals surface area (Å²) in [5.41, 5.74) is -0.0661. The Balaban J connectivity index is 2.80. The van der Waals surface area contributed by atoms with E-state index in [1.54, 1.807) is 0 Å². The van der Waals surface area contributed by atoms with Gasteiger partial charge in [0.25, 0.3) is 0 Å². The Bertz CT molecular complexity index is 390. The summed E-state index contributed by atoms with van der Waals surface area (Å²) in [6.07, 6.45) is 0. The van der Waals surface area contributed by atoms with Gasteiger partial charge >= 0.3 is 0 Å². The van der Waals surface area contributed by atoms with E-state index in [4.69, 9.17) is 4.74 Å². The van der Waals surface area contributed by atoms with Crippen LogP contribution in [0.4, 0.5) is 5.82 Å². The van der Waals surface area contributed by atoms with Crippen molar-refractivity contribution < 1.29 is 4.74 Å². The van der Waals surface area contributed by atoms with Gasteiger partial charge < -0.3 is 10.1 Å². The molecule has 5 heteroatoms. The summed E-state index contributed by atoms with van der Waals surface area (Å²) in [4.78, 5) is 8.95. The number of anilines is 1. The maximum Gasteiger partial charge on any atom is 0.137 e. The molecule has 0 bridgehead atoms. The van der Waals surface area contributed by atoms with Crippen LogP contribution in [0.1, 0.15) is 40.4 Å². The van der Waals surface area contributed by atoms with Gasteiger partial charge in [-0.05, 0) is 29.8 Å². The zero-order valence-electron chi connectivity index (χ0n) is 11.7. The number of hydrogen-bond donors (Lipinski definition) is 1. The lowest BCUT2D eigenvalue weighted by Gasteiger charge is -2.19. The number of rotatable bonds is 5. The molecule has 0 aliphatic carbocycles. The Kier molecular flexibility index (Phi) is 5.53. The molecule has 0 aliphatic heterocycles. The van der Waals surface area contributed by atoms with Gasteiger partial charge in [-0.15, -0.1) is 0 Å². The molecule has 1 aromatic heterocycles. The van der Waals surface area contributed by atoms with Crippen LogP contribution in [0, 0.1) is 0 Å². The van der Waals surface area contributed by atoms with E-state index in [9.17, 15) is 0 Å². The summed E-state index contributed by atoms with van der Waals surface area (Å²) in [5, 5.41) is 3.32. The summed E-state index contributed by atoms with van der Waals surface area (Å²) in [6.45, 7) is 11.8. The molecule has 0 aliphatic rings. The van der Waals surface area contributed by atoms with Gasteiger partial charge in [-0.1, -0.05) is 20.8 Å². The molecule has 18 heavy (non-hydrogen) atoms. The molecule has 102 valence electrons. The molecule has 1 atom stereocenters. The summed E-state index contributed by atoms with van der Waals surface area (Å²) in [5.74, 6) is 1.65. The second-order valence-electron chi connectivity index (χ2n) is 5.35. The first kappa shape index (κ1) is 15.4. The van der Waals surface area contributed by atoms with Gasteiger partial charge in [0.1, 0.15) is 16.2 Å². The van der Waals surface area contributed by atoms with Crippen LogP contribution in [0.3, 0.4) is 0 Å². The Hall–Kier alpha value is -0.680. The summed E-state index contributed by atoms with van der Waals surface area (Å²) in [7, 11) is 0. The van der Waals surface area contributed by atoms with E-state index in [1.165, 1.54) is 0 Å². The van der Waals surface area contributed by atoms with Crippen molar-refractivity contribution in [3.05, 3.63) is 16.5 Å². The third kappa shape index (κ3) is 4.90. The van der Waals surface area contributed by atoms with E-state index in [1.807, 2.05) is 13.0 Å². The van der Waals surface area contributed by atoms with E-state index >= 15 is 0 Å². The van der Waals surface area contributed by atoms with Crippen molar-refractivity contribution in [2.75, 3.05) is 18.5 Å². The zero-order chi connectivity index (χ0) is 13.8. The third-order valence-corrected chi connectivity index (χ3v) is 2.74. The van der Waals surface area contributed by atoms with E-state index in [2.05, 4.69) is 58.9 Å². The molecular formula is C13H22BrN3O. The molecule has 0 spiro atoms. The van der Waals surface area contributed by atoms with E-state index < -0.39 is 0 Å². The van der Waals surface area contributed by atoms with Gasteiger partial charge in [0, 0.05) is 24.1 Å². The van der Waals surface area contributed by atoms with E-state index in [-0.39, 0.29) is 11.5 Å².